The summed E-state index contributed by atoms with van der Waals surface area (Å²) in [7, 11) is 0. The first kappa shape index (κ1) is 14.8. The number of anilines is 1. The smallest absolute Gasteiger partial charge is 0.126 e. The Kier molecular flexibility index (Phi) is 4.79. The minimum absolute atomic E-state index is 0.725. The van der Waals surface area contributed by atoms with Gasteiger partial charge in [0, 0.05) is 19.3 Å². The first-order valence-electron chi connectivity index (χ1n) is 8.71. The van der Waals surface area contributed by atoms with E-state index in [-0.39, 0.29) is 0 Å². The van der Waals surface area contributed by atoms with Crippen molar-refractivity contribution in [3.63, 3.8) is 0 Å². The first-order chi connectivity index (χ1) is 10.3. The van der Waals surface area contributed by atoms with Crippen LogP contribution in [0.3, 0.4) is 0 Å². The zero-order valence-corrected chi connectivity index (χ0v) is 13.4. The molecule has 1 aliphatic heterocycles. The molecule has 3 rings (SSSR count). The molecule has 2 heterocycles. The maximum absolute atomic E-state index is 4.40. The fraction of sp³-hybridized carbons (Fsp3) is 0.722. The highest BCUT2D eigenvalue weighted by Crippen LogP contribution is 2.46. The molecular formula is C18H29N3. The summed E-state index contributed by atoms with van der Waals surface area (Å²) in [6.07, 6.45) is 11.8. The molecular weight excluding hydrogens is 258 g/mol. The lowest BCUT2D eigenvalue weighted by Crippen LogP contribution is -2.38. The fourth-order valence-corrected chi connectivity index (χ4v) is 3.99. The van der Waals surface area contributed by atoms with Gasteiger partial charge in [0.15, 0.2) is 0 Å². The number of nitrogens with zero attached hydrogens (tertiary/aromatic N) is 2. The Hall–Kier alpha value is -1.09. The first-order valence-corrected chi connectivity index (χ1v) is 8.71. The Labute approximate surface area is 129 Å². The number of aromatic nitrogens is 1. The standard InChI is InChI=1S/C18H29N3/c1-2-10-19-17-14-16(5-11-20-17)15-21-12-8-18(9-13-21)6-3-4-7-18/h5,11,14H,2-4,6-10,12-13,15H2,1H3,(H,19,20). The molecule has 21 heavy (non-hydrogen) atoms. The van der Waals surface area contributed by atoms with Crippen molar-refractivity contribution in [2.24, 2.45) is 5.41 Å². The van der Waals surface area contributed by atoms with Crippen molar-refractivity contribution in [1.29, 1.82) is 0 Å². The second kappa shape index (κ2) is 6.78. The van der Waals surface area contributed by atoms with E-state index in [2.05, 4.69) is 34.3 Å². The molecule has 1 aromatic heterocycles. The van der Waals surface area contributed by atoms with E-state index in [0.29, 0.717) is 0 Å². The zero-order chi connectivity index (χ0) is 14.5. The van der Waals surface area contributed by atoms with Gasteiger partial charge >= 0.3 is 0 Å². The SMILES string of the molecule is CCCNc1cc(CN2CCC3(CCCC3)CC2)ccn1. The van der Waals surface area contributed by atoms with Crippen molar-refractivity contribution in [2.75, 3.05) is 25.0 Å². The summed E-state index contributed by atoms with van der Waals surface area (Å²) in [5.41, 5.74) is 2.12. The largest absolute Gasteiger partial charge is 0.370 e. The highest BCUT2D eigenvalue weighted by Gasteiger charge is 2.36. The van der Waals surface area contributed by atoms with Gasteiger partial charge in [-0.05, 0) is 68.3 Å². The third-order valence-corrected chi connectivity index (χ3v) is 5.37. The van der Waals surface area contributed by atoms with E-state index in [4.69, 9.17) is 0 Å². The summed E-state index contributed by atoms with van der Waals surface area (Å²) < 4.78 is 0. The van der Waals surface area contributed by atoms with E-state index < -0.39 is 0 Å². The second-order valence-corrected chi connectivity index (χ2v) is 6.96. The summed E-state index contributed by atoms with van der Waals surface area (Å²) in [6, 6.07) is 4.38. The van der Waals surface area contributed by atoms with Crippen LogP contribution < -0.4 is 5.32 Å². The molecule has 0 unspecified atom stereocenters. The average Bonchev–Trinajstić information content (AvgIpc) is 2.97. The predicted molar refractivity (Wildman–Crippen MR) is 88.4 cm³/mol. The summed E-state index contributed by atoms with van der Waals surface area (Å²) in [5, 5.41) is 3.38. The lowest BCUT2D eigenvalue weighted by molar-refractivity contribution is 0.103. The maximum Gasteiger partial charge on any atom is 0.126 e. The van der Waals surface area contributed by atoms with Gasteiger partial charge in [0.25, 0.3) is 0 Å². The van der Waals surface area contributed by atoms with Gasteiger partial charge in [0.2, 0.25) is 0 Å². The van der Waals surface area contributed by atoms with Crippen molar-refractivity contribution in [3.8, 4) is 0 Å². The molecule has 0 atom stereocenters. The van der Waals surface area contributed by atoms with Gasteiger partial charge in [0.05, 0.1) is 0 Å². The molecule has 1 saturated heterocycles. The van der Waals surface area contributed by atoms with Crippen LogP contribution in [0.15, 0.2) is 18.3 Å². The Morgan fingerprint density at radius 2 is 1.95 bits per heavy atom. The van der Waals surface area contributed by atoms with Gasteiger partial charge in [-0.15, -0.1) is 0 Å². The van der Waals surface area contributed by atoms with E-state index in [1.807, 2.05) is 6.20 Å². The van der Waals surface area contributed by atoms with E-state index in [1.165, 1.54) is 57.2 Å². The fourth-order valence-electron chi connectivity index (χ4n) is 3.99. The second-order valence-electron chi connectivity index (χ2n) is 6.96. The summed E-state index contributed by atoms with van der Waals surface area (Å²) in [5.74, 6) is 1.03. The number of likely N-dealkylation sites (tertiary alicyclic amines) is 1. The predicted octanol–water partition coefficient (Wildman–Crippen LogP) is 4.06. The van der Waals surface area contributed by atoms with E-state index in [0.717, 1.165) is 30.7 Å². The van der Waals surface area contributed by atoms with Crippen LogP contribution in [0, 0.1) is 5.41 Å². The molecule has 0 amide bonds. The highest BCUT2D eigenvalue weighted by atomic mass is 15.1. The molecule has 1 aromatic rings. The average molecular weight is 287 g/mol. The van der Waals surface area contributed by atoms with Gasteiger partial charge < -0.3 is 5.32 Å². The lowest BCUT2D eigenvalue weighted by atomic mass is 9.77. The molecule has 0 radical (unpaired) electrons. The van der Waals surface area contributed by atoms with Crippen LogP contribution in [0.4, 0.5) is 5.82 Å². The molecule has 1 N–H and O–H groups in total. The molecule has 1 aliphatic carbocycles. The van der Waals surface area contributed by atoms with Crippen molar-refractivity contribution in [2.45, 2.75) is 58.4 Å². The van der Waals surface area contributed by atoms with E-state index in [9.17, 15) is 0 Å². The molecule has 2 aliphatic rings. The third-order valence-electron chi connectivity index (χ3n) is 5.37. The number of nitrogens with one attached hydrogen (secondary N) is 1. The number of hydrogen-bond donors (Lipinski definition) is 1. The van der Waals surface area contributed by atoms with Gasteiger partial charge in [-0.1, -0.05) is 19.8 Å². The number of rotatable bonds is 5. The molecule has 3 heteroatoms. The molecule has 0 bridgehead atoms. The number of hydrogen-bond acceptors (Lipinski definition) is 3. The quantitative estimate of drug-likeness (QED) is 0.885. The zero-order valence-electron chi connectivity index (χ0n) is 13.4. The minimum Gasteiger partial charge on any atom is -0.370 e. The van der Waals surface area contributed by atoms with Crippen LogP contribution in [-0.4, -0.2) is 29.5 Å². The topological polar surface area (TPSA) is 28.2 Å². The van der Waals surface area contributed by atoms with E-state index >= 15 is 0 Å². The van der Waals surface area contributed by atoms with E-state index in [1.54, 1.807) is 0 Å². The van der Waals surface area contributed by atoms with Gasteiger partial charge in [-0.25, -0.2) is 4.98 Å². The van der Waals surface area contributed by atoms with Crippen LogP contribution in [0.2, 0.25) is 0 Å². The van der Waals surface area contributed by atoms with Crippen LogP contribution in [0.25, 0.3) is 0 Å². The monoisotopic (exact) mass is 287 g/mol. The van der Waals surface area contributed by atoms with Crippen LogP contribution >= 0.6 is 0 Å². The van der Waals surface area contributed by atoms with Crippen LogP contribution in [-0.2, 0) is 6.54 Å². The Morgan fingerprint density at radius 1 is 1.19 bits per heavy atom. The van der Waals surface area contributed by atoms with Crippen molar-refractivity contribution >= 4 is 5.82 Å². The minimum atomic E-state index is 0.725. The molecule has 1 saturated carbocycles. The maximum atomic E-state index is 4.40. The summed E-state index contributed by atoms with van der Waals surface area (Å²) in [6.45, 7) is 6.83. The lowest BCUT2D eigenvalue weighted by Gasteiger charge is -2.39. The number of piperidine rings is 1. The molecule has 2 fully saturated rings. The van der Waals surface area contributed by atoms with Crippen molar-refractivity contribution < 1.29 is 0 Å². The van der Waals surface area contributed by atoms with Crippen molar-refractivity contribution in [1.82, 2.24) is 9.88 Å². The summed E-state index contributed by atoms with van der Waals surface area (Å²) in [4.78, 5) is 7.03. The third kappa shape index (κ3) is 3.76. The summed E-state index contributed by atoms with van der Waals surface area (Å²) >= 11 is 0. The van der Waals surface area contributed by atoms with Gasteiger partial charge in [-0.3, -0.25) is 4.90 Å². The molecule has 116 valence electrons. The Bertz CT molecular complexity index is 442. The van der Waals surface area contributed by atoms with Crippen LogP contribution in [0.5, 0.6) is 0 Å². The van der Waals surface area contributed by atoms with Gasteiger partial charge in [0.1, 0.15) is 5.82 Å². The van der Waals surface area contributed by atoms with Crippen LogP contribution in [0.1, 0.15) is 57.4 Å². The number of pyridine rings is 1. The highest BCUT2D eigenvalue weighted by molar-refractivity contribution is 5.37. The molecule has 0 aromatic carbocycles. The normalized spacial score (nSPS) is 21.8. The molecule has 1 spiro atoms. The Balaban J connectivity index is 1.53. The molecule has 3 nitrogen and oxygen atoms in total. The van der Waals surface area contributed by atoms with Crippen molar-refractivity contribution in [3.05, 3.63) is 23.9 Å². The van der Waals surface area contributed by atoms with Gasteiger partial charge in [-0.2, -0.15) is 0 Å². The Morgan fingerprint density at radius 3 is 2.67 bits per heavy atom.